The van der Waals surface area contributed by atoms with E-state index in [-0.39, 0.29) is 13.0 Å². The third-order valence-electron chi connectivity index (χ3n) is 2.80. The minimum atomic E-state index is -4.21. The molecule has 0 bridgehead atoms. The fourth-order valence-electron chi connectivity index (χ4n) is 1.83. The lowest BCUT2D eigenvalue weighted by Crippen LogP contribution is -2.31. The minimum absolute atomic E-state index is 0.102. The topological polar surface area (TPSA) is 9.23 Å². The Labute approximate surface area is 103 Å². The monoisotopic (exact) mass is 254 g/mol. The first-order valence-electron chi connectivity index (χ1n) is 6.70. The second-order valence-corrected chi connectivity index (χ2v) is 4.40. The van der Waals surface area contributed by atoms with E-state index in [0.717, 1.165) is 19.3 Å². The van der Waals surface area contributed by atoms with Crippen LogP contribution in [0.25, 0.3) is 0 Å². The molecule has 0 aromatic rings. The van der Waals surface area contributed by atoms with Crippen LogP contribution in [-0.2, 0) is 4.74 Å². The molecular formula is C13H25F3O. The number of unbranched alkanes of at least 4 members (excludes halogenated alkanes) is 6. The van der Waals surface area contributed by atoms with Crippen LogP contribution in [-0.4, -0.2) is 18.9 Å². The van der Waals surface area contributed by atoms with Crippen molar-refractivity contribution in [3.8, 4) is 0 Å². The summed E-state index contributed by atoms with van der Waals surface area (Å²) in [5.74, 6) is 0. The highest BCUT2D eigenvalue weighted by atomic mass is 19.4. The van der Waals surface area contributed by atoms with Gasteiger partial charge in [-0.05, 0) is 13.3 Å². The van der Waals surface area contributed by atoms with Crippen LogP contribution in [0.4, 0.5) is 13.2 Å². The van der Waals surface area contributed by atoms with E-state index in [4.69, 9.17) is 4.74 Å². The van der Waals surface area contributed by atoms with Gasteiger partial charge >= 0.3 is 6.18 Å². The van der Waals surface area contributed by atoms with Crippen molar-refractivity contribution in [2.75, 3.05) is 6.61 Å². The molecule has 0 radical (unpaired) electrons. The molecule has 0 aliphatic rings. The molecule has 0 heterocycles. The number of hydrogen-bond donors (Lipinski definition) is 0. The fourth-order valence-corrected chi connectivity index (χ4v) is 1.83. The predicted molar refractivity (Wildman–Crippen MR) is 64.1 cm³/mol. The van der Waals surface area contributed by atoms with Gasteiger partial charge in [-0.2, -0.15) is 13.2 Å². The Hall–Kier alpha value is -0.250. The molecule has 0 rings (SSSR count). The third kappa shape index (κ3) is 9.45. The maximum Gasteiger partial charge on any atom is 0.414 e. The van der Waals surface area contributed by atoms with E-state index >= 15 is 0 Å². The van der Waals surface area contributed by atoms with Crippen molar-refractivity contribution in [3.63, 3.8) is 0 Å². The lowest BCUT2D eigenvalue weighted by Gasteiger charge is -2.19. The predicted octanol–water partition coefficient (Wildman–Crippen LogP) is 5.09. The second kappa shape index (κ2) is 9.75. The van der Waals surface area contributed by atoms with Crippen LogP contribution >= 0.6 is 0 Å². The van der Waals surface area contributed by atoms with Gasteiger partial charge in [-0.1, -0.05) is 51.9 Å². The Bertz CT molecular complexity index is 169. The molecule has 0 aliphatic carbocycles. The average molecular weight is 254 g/mol. The lowest BCUT2D eigenvalue weighted by atomic mass is 10.1. The maximum absolute atomic E-state index is 12.5. The van der Waals surface area contributed by atoms with Crippen LogP contribution in [0.2, 0.25) is 0 Å². The number of ether oxygens (including phenoxy) is 1. The Balaban J connectivity index is 3.55. The van der Waals surface area contributed by atoms with Gasteiger partial charge in [0, 0.05) is 6.61 Å². The molecule has 0 fully saturated rings. The number of halogens is 3. The van der Waals surface area contributed by atoms with E-state index in [1.165, 1.54) is 19.3 Å². The zero-order valence-electron chi connectivity index (χ0n) is 11.0. The first-order chi connectivity index (χ1) is 8.02. The minimum Gasteiger partial charge on any atom is -0.369 e. The van der Waals surface area contributed by atoms with Gasteiger partial charge in [0.05, 0.1) is 0 Å². The Kier molecular flexibility index (Phi) is 9.60. The molecule has 104 valence electrons. The zero-order chi connectivity index (χ0) is 13.1. The first kappa shape index (κ1) is 16.8. The molecule has 1 atom stereocenters. The largest absolute Gasteiger partial charge is 0.414 e. The number of alkyl halides is 3. The van der Waals surface area contributed by atoms with Gasteiger partial charge in [0.1, 0.15) is 0 Å². The summed E-state index contributed by atoms with van der Waals surface area (Å²) in [6.07, 6.45) is 1.61. The summed E-state index contributed by atoms with van der Waals surface area (Å²) >= 11 is 0. The molecule has 0 aromatic carbocycles. The van der Waals surface area contributed by atoms with E-state index in [2.05, 4.69) is 6.92 Å². The van der Waals surface area contributed by atoms with Crippen molar-refractivity contribution in [2.45, 2.75) is 77.5 Å². The van der Waals surface area contributed by atoms with Crippen LogP contribution in [0.3, 0.4) is 0 Å². The maximum atomic E-state index is 12.5. The zero-order valence-corrected chi connectivity index (χ0v) is 11.0. The SMILES string of the molecule is CCCCCCCCCC(OCC)C(F)(F)F. The van der Waals surface area contributed by atoms with Crippen LogP contribution in [0, 0.1) is 0 Å². The molecule has 0 amide bonds. The summed E-state index contributed by atoms with van der Waals surface area (Å²) in [5.41, 5.74) is 0. The molecule has 0 N–H and O–H groups in total. The molecule has 0 spiro atoms. The molecule has 1 nitrogen and oxygen atoms in total. The molecule has 0 saturated carbocycles. The van der Waals surface area contributed by atoms with Gasteiger partial charge in [0.15, 0.2) is 6.10 Å². The van der Waals surface area contributed by atoms with E-state index in [1.54, 1.807) is 6.92 Å². The van der Waals surface area contributed by atoms with Gasteiger partial charge in [0.2, 0.25) is 0 Å². The van der Waals surface area contributed by atoms with E-state index in [0.29, 0.717) is 6.42 Å². The van der Waals surface area contributed by atoms with Gasteiger partial charge in [-0.15, -0.1) is 0 Å². The van der Waals surface area contributed by atoms with Gasteiger partial charge in [-0.3, -0.25) is 0 Å². The molecule has 17 heavy (non-hydrogen) atoms. The van der Waals surface area contributed by atoms with Gasteiger partial charge in [0.25, 0.3) is 0 Å². The summed E-state index contributed by atoms with van der Waals surface area (Å²) in [6.45, 7) is 3.88. The van der Waals surface area contributed by atoms with Gasteiger partial charge < -0.3 is 4.74 Å². The van der Waals surface area contributed by atoms with Crippen molar-refractivity contribution < 1.29 is 17.9 Å². The highest BCUT2D eigenvalue weighted by Crippen LogP contribution is 2.27. The highest BCUT2D eigenvalue weighted by Gasteiger charge is 2.39. The summed E-state index contributed by atoms with van der Waals surface area (Å²) < 4.78 is 42.1. The van der Waals surface area contributed by atoms with Crippen LogP contribution in [0.5, 0.6) is 0 Å². The first-order valence-corrected chi connectivity index (χ1v) is 6.70. The summed E-state index contributed by atoms with van der Waals surface area (Å²) in [5, 5.41) is 0. The fraction of sp³-hybridized carbons (Fsp3) is 1.00. The average Bonchev–Trinajstić information content (AvgIpc) is 2.25. The summed E-state index contributed by atoms with van der Waals surface area (Å²) in [4.78, 5) is 0. The van der Waals surface area contributed by atoms with Crippen molar-refractivity contribution in [2.24, 2.45) is 0 Å². The van der Waals surface area contributed by atoms with Crippen LogP contribution < -0.4 is 0 Å². The molecule has 1 unspecified atom stereocenters. The van der Waals surface area contributed by atoms with Crippen molar-refractivity contribution >= 4 is 0 Å². The van der Waals surface area contributed by atoms with E-state index in [9.17, 15) is 13.2 Å². The molecule has 0 aromatic heterocycles. The standard InChI is InChI=1S/C13H25F3O/c1-3-5-6-7-8-9-10-11-12(17-4-2)13(14,15)16/h12H,3-11H2,1-2H3. The summed E-state index contributed by atoms with van der Waals surface area (Å²) in [7, 11) is 0. The smallest absolute Gasteiger partial charge is 0.369 e. The van der Waals surface area contributed by atoms with Crippen LogP contribution in [0.1, 0.15) is 65.2 Å². The number of rotatable bonds is 10. The van der Waals surface area contributed by atoms with Crippen LogP contribution in [0.15, 0.2) is 0 Å². The summed E-state index contributed by atoms with van der Waals surface area (Å²) in [6, 6.07) is 0. The highest BCUT2D eigenvalue weighted by molar-refractivity contribution is 4.67. The Morgan fingerprint density at radius 2 is 1.41 bits per heavy atom. The van der Waals surface area contributed by atoms with Crippen molar-refractivity contribution in [3.05, 3.63) is 0 Å². The normalized spacial score (nSPS) is 13.9. The third-order valence-corrected chi connectivity index (χ3v) is 2.80. The van der Waals surface area contributed by atoms with E-state index < -0.39 is 12.3 Å². The Morgan fingerprint density at radius 1 is 0.882 bits per heavy atom. The molecular weight excluding hydrogens is 229 g/mol. The van der Waals surface area contributed by atoms with Crippen molar-refractivity contribution in [1.82, 2.24) is 0 Å². The Morgan fingerprint density at radius 3 is 1.88 bits per heavy atom. The second-order valence-electron chi connectivity index (χ2n) is 4.40. The molecule has 4 heteroatoms. The molecule has 0 saturated heterocycles. The lowest BCUT2D eigenvalue weighted by molar-refractivity contribution is -0.221. The van der Waals surface area contributed by atoms with Gasteiger partial charge in [-0.25, -0.2) is 0 Å². The molecule has 0 aliphatic heterocycles. The quantitative estimate of drug-likeness (QED) is 0.493. The number of hydrogen-bond acceptors (Lipinski definition) is 1. The van der Waals surface area contributed by atoms with E-state index in [1.807, 2.05) is 0 Å². The van der Waals surface area contributed by atoms with Crippen molar-refractivity contribution in [1.29, 1.82) is 0 Å².